The zero-order chi connectivity index (χ0) is 9.97. The van der Waals surface area contributed by atoms with Gasteiger partial charge in [-0.3, -0.25) is 9.48 Å². The van der Waals surface area contributed by atoms with Crippen molar-refractivity contribution in [3.63, 3.8) is 0 Å². The van der Waals surface area contributed by atoms with E-state index in [2.05, 4.69) is 5.10 Å². The summed E-state index contributed by atoms with van der Waals surface area (Å²) >= 11 is 0. The number of nitrogens with zero attached hydrogens (tertiary/aromatic N) is 3. The van der Waals surface area contributed by atoms with Gasteiger partial charge in [0.2, 0.25) is 5.91 Å². The summed E-state index contributed by atoms with van der Waals surface area (Å²) in [4.78, 5) is 13.2. The summed E-state index contributed by atoms with van der Waals surface area (Å²) in [6, 6.07) is 0. The van der Waals surface area contributed by atoms with E-state index in [4.69, 9.17) is 0 Å². The molecule has 4 nitrogen and oxygen atoms in total. The number of aromatic nitrogens is 2. The third-order valence-corrected chi connectivity index (χ3v) is 2.53. The lowest BCUT2D eigenvalue weighted by Crippen LogP contribution is -2.28. The second kappa shape index (κ2) is 3.82. The number of carbonyl (C=O) groups excluding carboxylic acids is 1. The van der Waals surface area contributed by atoms with Crippen LogP contribution in [0.3, 0.4) is 0 Å². The van der Waals surface area contributed by atoms with Crippen molar-refractivity contribution in [1.82, 2.24) is 14.7 Å². The molecule has 1 fully saturated rings. The van der Waals surface area contributed by atoms with Crippen molar-refractivity contribution >= 4 is 5.91 Å². The minimum Gasteiger partial charge on any atom is -0.341 e. The van der Waals surface area contributed by atoms with E-state index in [9.17, 15) is 4.79 Å². The van der Waals surface area contributed by atoms with Gasteiger partial charge < -0.3 is 4.90 Å². The molecule has 1 amide bonds. The first-order valence-corrected chi connectivity index (χ1v) is 5.02. The quantitative estimate of drug-likeness (QED) is 0.712. The van der Waals surface area contributed by atoms with Gasteiger partial charge in [-0.05, 0) is 18.9 Å². The highest BCUT2D eigenvalue weighted by Crippen LogP contribution is 2.09. The molecule has 1 aliphatic heterocycles. The Morgan fingerprint density at radius 3 is 2.93 bits per heavy atom. The second-order valence-electron chi connectivity index (χ2n) is 3.77. The van der Waals surface area contributed by atoms with Crippen molar-refractivity contribution in [2.75, 3.05) is 13.1 Å². The molecular formula is C10H15N3O. The van der Waals surface area contributed by atoms with Gasteiger partial charge in [0, 0.05) is 25.7 Å². The molecule has 0 aromatic carbocycles. The minimum atomic E-state index is 0.286. The van der Waals surface area contributed by atoms with E-state index in [-0.39, 0.29) is 5.91 Å². The maximum absolute atomic E-state index is 11.3. The van der Waals surface area contributed by atoms with Crippen molar-refractivity contribution < 1.29 is 4.79 Å². The first kappa shape index (κ1) is 9.24. The van der Waals surface area contributed by atoms with Crippen LogP contribution in [0.15, 0.2) is 12.4 Å². The number of hydrogen-bond donors (Lipinski definition) is 0. The van der Waals surface area contributed by atoms with E-state index < -0.39 is 0 Å². The molecule has 1 aliphatic rings. The Labute approximate surface area is 83.5 Å². The fourth-order valence-corrected chi connectivity index (χ4v) is 1.75. The predicted molar refractivity (Wildman–Crippen MR) is 52.8 cm³/mol. The fourth-order valence-electron chi connectivity index (χ4n) is 1.75. The van der Waals surface area contributed by atoms with Gasteiger partial charge in [-0.2, -0.15) is 5.10 Å². The van der Waals surface area contributed by atoms with Gasteiger partial charge in [0.05, 0.1) is 12.7 Å². The highest BCUT2D eigenvalue weighted by atomic mass is 16.2. The zero-order valence-corrected chi connectivity index (χ0v) is 8.44. The SMILES string of the molecule is Cc1cnn(CCN2CCCC2=O)c1. The average molecular weight is 193 g/mol. The normalized spacial score (nSPS) is 16.6. The molecule has 0 N–H and O–H groups in total. The Kier molecular flexibility index (Phi) is 2.52. The molecule has 2 rings (SSSR count). The molecule has 2 heterocycles. The Hall–Kier alpha value is -1.32. The molecule has 0 radical (unpaired) electrons. The van der Waals surface area contributed by atoms with Gasteiger partial charge in [0.15, 0.2) is 0 Å². The summed E-state index contributed by atoms with van der Waals surface area (Å²) in [5.41, 5.74) is 1.16. The lowest BCUT2D eigenvalue weighted by atomic mass is 10.4. The molecule has 14 heavy (non-hydrogen) atoms. The van der Waals surface area contributed by atoms with E-state index in [0.29, 0.717) is 0 Å². The summed E-state index contributed by atoms with van der Waals surface area (Å²) in [5.74, 6) is 0.286. The maximum Gasteiger partial charge on any atom is 0.222 e. The van der Waals surface area contributed by atoms with Crippen LogP contribution in [0.1, 0.15) is 18.4 Å². The molecule has 0 unspecified atom stereocenters. The third kappa shape index (κ3) is 1.95. The smallest absolute Gasteiger partial charge is 0.222 e. The number of rotatable bonds is 3. The summed E-state index contributed by atoms with van der Waals surface area (Å²) in [5, 5.41) is 4.18. The minimum absolute atomic E-state index is 0.286. The second-order valence-corrected chi connectivity index (χ2v) is 3.77. The summed E-state index contributed by atoms with van der Waals surface area (Å²) in [7, 11) is 0. The van der Waals surface area contributed by atoms with Crippen molar-refractivity contribution in [2.24, 2.45) is 0 Å². The number of carbonyl (C=O) groups is 1. The van der Waals surface area contributed by atoms with E-state index in [1.807, 2.05) is 28.9 Å². The van der Waals surface area contributed by atoms with Gasteiger partial charge in [-0.15, -0.1) is 0 Å². The standard InChI is InChI=1S/C10H15N3O/c1-9-7-11-13(8-9)6-5-12-4-2-3-10(12)14/h7-8H,2-6H2,1H3. The molecular weight excluding hydrogens is 178 g/mol. The molecule has 1 saturated heterocycles. The van der Waals surface area contributed by atoms with Crippen LogP contribution >= 0.6 is 0 Å². The number of hydrogen-bond acceptors (Lipinski definition) is 2. The van der Waals surface area contributed by atoms with Crippen LogP contribution in [0.4, 0.5) is 0 Å². The Bertz CT molecular complexity index is 332. The molecule has 0 spiro atoms. The maximum atomic E-state index is 11.3. The topological polar surface area (TPSA) is 38.1 Å². The highest BCUT2D eigenvalue weighted by Gasteiger charge is 2.19. The number of likely N-dealkylation sites (tertiary alicyclic amines) is 1. The van der Waals surface area contributed by atoms with Gasteiger partial charge >= 0.3 is 0 Å². The largest absolute Gasteiger partial charge is 0.341 e. The molecule has 4 heteroatoms. The summed E-state index contributed by atoms with van der Waals surface area (Å²) in [6.45, 7) is 4.53. The van der Waals surface area contributed by atoms with Crippen molar-refractivity contribution in [1.29, 1.82) is 0 Å². The van der Waals surface area contributed by atoms with Gasteiger partial charge in [-0.25, -0.2) is 0 Å². The van der Waals surface area contributed by atoms with Crippen molar-refractivity contribution in [3.8, 4) is 0 Å². The van der Waals surface area contributed by atoms with Gasteiger partial charge in [-0.1, -0.05) is 0 Å². The van der Waals surface area contributed by atoms with E-state index in [1.165, 1.54) is 0 Å². The molecule has 0 aliphatic carbocycles. The number of amides is 1. The van der Waals surface area contributed by atoms with E-state index in [1.54, 1.807) is 0 Å². The van der Waals surface area contributed by atoms with E-state index in [0.717, 1.165) is 38.0 Å². The van der Waals surface area contributed by atoms with Gasteiger partial charge in [0.1, 0.15) is 0 Å². The van der Waals surface area contributed by atoms with Gasteiger partial charge in [0.25, 0.3) is 0 Å². The Morgan fingerprint density at radius 1 is 1.50 bits per heavy atom. The Balaban J connectivity index is 1.85. The predicted octanol–water partition coefficient (Wildman–Crippen LogP) is 0.814. The molecule has 0 saturated carbocycles. The molecule has 1 aromatic rings. The van der Waals surface area contributed by atoms with Crippen molar-refractivity contribution in [2.45, 2.75) is 26.3 Å². The van der Waals surface area contributed by atoms with Crippen LogP contribution in [-0.4, -0.2) is 33.7 Å². The van der Waals surface area contributed by atoms with Crippen LogP contribution in [0.2, 0.25) is 0 Å². The third-order valence-electron chi connectivity index (χ3n) is 2.53. The first-order valence-electron chi connectivity index (χ1n) is 5.02. The molecule has 0 bridgehead atoms. The van der Waals surface area contributed by atoms with Crippen LogP contribution < -0.4 is 0 Å². The lowest BCUT2D eigenvalue weighted by Gasteiger charge is -2.14. The summed E-state index contributed by atoms with van der Waals surface area (Å²) < 4.78 is 1.89. The van der Waals surface area contributed by atoms with Crippen LogP contribution in [0.25, 0.3) is 0 Å². The average Bonchev–Trinajstić information content (AvgIpc) is 2.72. The highest BCUT2D eigenvalue weighted by molar-refractivity contribution is 5.77. The molecule has 76 valence electrons. The fraction of sp³-hybridized carbons (Fsp3) is 0.600. The monoisotopic (exact) mass is 193 g/mol. The van der Waals surface area contributed by atoms with Crippen LogP contribution in [0, 0.1) is 6.92 Å². The molecule has 1 aromatic heterocycles. The lowest BCUT2D eigenvalue weighted by molar-refractivity contribution is -0.127. The first-order chi connectivity index (χ1) is 6.75. The zero-order valence-electron chi connectivity index (χ0n) is 8.44. The van der Waals surface area contributed by atoms with Crippen LogP contribution in [0.5, 0.6) is 0 Å². The van der Waals surface area contributed by atoms with E-state index >= 15 is 0 Å². The summed E-state index contributed by atoms with van der Waals surface area (Å²) in [6.07, 6.45) is 5.57. The number of aryl methyl sites for hydroxylation is 1. The molecule has 0 atom stereocenters. The van der Waals surface area contributed by atoms with Crippen LogP contribution in [-0.2, 0) is 11.3 Å². The van der Waals surface area contributed by atoms with Crippen molar-refractivity contribution in [3.05, 3.63) is 18.0 Å². The Morgan fingerprint density at radius 2 is 2.36 bits per heavy atom.